The molecule has 2 atom stereocenters. The number of benzene rings is 1. The van der Waals surface area contributed by atoms with Crippen molar-refractivity contribution in [1.29, 1.82) is 0 Å². The van der Waals surface area contributed by atoms with Crippen LogP contribution in [0.25, 0.3) is 0 Å². The molecular formula is C15H23N3O2. The Bertz CT molecular complexity index is 447. The van der Waals surface area contributed by atoms with E-state index >= 15 is 0 Å². The number of carbonyl (C=O) groups excluding carboxylic acids is 1. The van der Waals surface area contributed by atoms with E-state index in [0.29, 0.717) is 12.5 Å². The monoisotopic (exact) mass is 277 g/mol. The van der Waals surface area contributed by atoms with Gasteiger partial charge in [0, 0.05) is 24.8 Å². The highest BCUT2D eigenvalue weighted by Crippen LogP contribution is 2.23. The standard InChI is InChI=1S/C15H23N3O2/c1-11-4-3-9-18(14(11)10-16)15(19)17-12-5-7-13(20-2)8-6-12/h5-8,11,14H,3-4,9-10,16H2,1-2H3,(H,17,19). The molecular weight excluding hydrogens is 254 g/mol. The van der Waals surface area contributed by atoms with Gasteiger partial charge in [-0.1, -0.05) is 6.92 Å². The molecule has 1 fully saturated rings. The van der Waals surface area contributed by atoms with Crippen molar-refractivity contribution in [3.8, 4) is 5.75 Å². The third kappa shape index (κ3) is 3.22. The second-order valence-electron chi connectivity index (χ2n) is 5.27. The van der Waals surface area contributed by atoms with Gasteiger partial charge in [0.15, 0.2) is 0 Å². The van der Waals surface area contributed by atoms with E-state index in [1.54, 1.807) is 7.11 Å². The zero-order valence-corrected chi connectivity index (χ0v) is 12.1. The Morgan fingerprint density at radius 1 is 1.45 bits per heavy atom. The SMILES string of the molecule is COc1ccc(NC(=O)N2CCCC(C)C2CN)cc1. The molecule has 2 rings (SSSR count). The van der Waals surface area contributed by atoms with Gasteiger partial charge in [-0.15, -0.1) is 0 Å². The summed E-state index contributed by atoms with van der Waals surface area (Å²) >= 11 is 0. The molecule has 1 aromatic carbocycles. The molecule has 0 spiro atoms. The number of amides is 2. The molecule has 1 aliphatic heterocycles. The quantitative estimate of drug-likeness (QED) is 0.890. The van der Waals surface area contributed by atoms with Crippen molar-refractivity contribution in [2.45, 2.75) is 25.8 Å². The molecule has 0 aromatic heterocycles. The van der Waals surface area contributed by atoms with Crippen molar-refractivity contribution in [2.75, 3.05) is 25.5 Å². The van der Waals surface area contributed by atoms with Crippen LogP contribution in [0.5, 0.6) is 5.75 Å². The summed E-state index contributed by atoms with van der Waals surface area (Å²) < 4.78 is 5.10. The Hall–Kier alpha value is -1.75. The molecule has 3 N–H and O–H groups in total. The number of hydrogen-bond donors (Lipinski definition) is 2. The number of carbonyl (C=O) groups is 1. The van der Waals surface area contributed by atoms with Crippen LogP contribution in [0.3, 0.4) is 0 Å². The fourth-order valence-electron chi connectivity index (χ4n) is 2.73. The number of nitrogens with zero attached hydrogens (tertiary/aromatic N) is 1. The summed E-state index contributed by atoms with van der Waals surface area (Å²) in [6, 6.07) is 7.38. The van der Waals surface area contributed by atoms with Gasteiger partial charge in [-0.25, -0.2) is 4.79 Å². The van der Waals surface area contributed by atoms with E-state index in [-0.39, 0.29) is 12.1 Å². The third-order valence-corrected chi connectivity index (χ3v) is 3.96. The van der Waals surface area contributed by atoms with E-state index in [1.807, 2.05) is 29.2 Å². The van der Waals surface area contributed by atoms with Crippen LogP contribution in [0, 0.1) is 5.92 Å². The average molecular weight is 277 g/mol. The molecule has 20 heavy (non-hydrogen) atoms. The predicted octanol–water partition coefficient (Wildman–Crippen LogP) is 2.29. The maximum Gasteiger partial charge on any atom is 0.322 e. The maximum atomic E-state index is 12.4. The van der Waals surface area contributed by atoms with Gasteiger partial charge in [0.05, 0.1) is 7.11 Å². The van der Waals surface area contributed by atoms with Gasteiger partial charge in [0.2, 0.25) is 0 Å². The minimum absolute atomic E-state index is 0.0721. The van der Waals surface area contributed by atoms with E-state index in [0.717, 1.165) is 30.8 Å². The lowest BCUT2D eigenvalue weighted by Crippen LogP contribution is -2.52. The fraction of sp³-hybridized carbons (Fsp3) is 0.533. The topological polar surface area (TPSA) is 67.6 Å². The van der Waals surface area contributed by atoms with E-state index in [2.05, 4.69) is 12.2 Å². The normalized spacial score (nSPS) is 22.4. The molecule has 2 unspecified atom stereocenters. The molecule has 0 saturated carbocycles. The van der Waals surface area contributed by atoms with Crippen LogP contribution in [0.15, 0.2) is 24.3 Å². The molecule has 5 nitrogen and oxygen atoms in total. The van der Waals surface area contributed by atoms with Crippen molar-refractivity contribution in [1.82, 2.24) is 4.90 Å². The van der Waals surface area contributed by atoms with Crippen LogP contribution >= 0.6 is 0 Å². The molecule has 1 aromatic rings. The average Bonchev–Trinajstić information content (AvgIpc) is 2.47. The van der Waals surface area contributed by atoms with Crippen LogP contribution in [0.4, 0.5) is 10.5 Å². The highest BCUT2D eigenvalue weighted by Gasteiger charge is 2.30. The van der Waals surface area contributed by atoms with Gasteiger partial charge in [0.25, 0.3) is 0 Å². The smallest absolute Gasteiger partial charge is 0.322 e. The number of hydrogen-bond acceptors (Lipinski definition) is 3. The van der Waals surface area contributed by atoms with Crippen LogP contribution in [-0.2, 0) is 0 Å². The van der Waals surface area contributed by atoms with E-state index < -0.39 is 0 Å². The van der Waals surface area contributed by atoms with Crippen molar-refractivity contribution in [3.05, 3.63) is 24.3 Å². The van der Waals surface area contributed by atoms with E-state index in [4.69, 9.17) is 10.5 Å². The number of likely N-dealkylation sites (tertiary alicyclic amines) is 1. The maximum absolute atomic E-state index is 12.4. The molecule has 0 aliphatic carbocycles. The van der Waals surface area contributed by atoms with Crippen LogP contribution in [0.2, 0.25) is 0 Å². The Labute approximate surface area is 120 Å². The summed E-state index contributed by atoms with van der Waals surface area (Å²) in [4.78, 5) is 14.2. The number of piperidine rings is 1. The Kier molecular flexibility index (Phi) is 4.84. The molecule has 0 bridgehead atoms. The van der Waals surface area contributed by atoms with Gasteiger partial charge >= 0.3 is 6.03 Å². The second-order valence-corrected chi connectivity index (χ2v) is 5.27. The van der Waals surface area contributed by atoms with Crippen molar-refractivity contribution >= 4 is 11.7 Å². The lowest BCUT2D eigenvalue weighted by atomic mass is 9.91. The first-order valence-corrected chi connectivity index (χ1v) is 7.07. The van der Waals surface area contributed by atoms with Gasteiger partial charge in [-0.05, 0) is 43.0 Å². The fourth-order valence-corrected chi connectivity index (χ4v) is 2.73. The molecule has 2 amide bonds. The van der Waals surface area contributed by atoms with E-state index in [9.17, 15) is 4.79 Å². The highest BCUT2D eigenvalue weighted by molar-refractivity contribution is 5.89. The number of ether oxygens (including phenoxy) is 1. The number of urea groups is 1. The first-order valence-electron chi connectivity index (χ1n) is 7.07. The van der Waals surface area contributed by atoms with Crippen molar-refractivity contribution in [3.63, 3.8) is 0 Å². The highest BCUT2D eigenvalue weighted by atomic mass is 16.5. The summed E-state index contributed by atoms with van der Waals surface area (Å²) in [5.41, 5.74) is 6.58. The molecule has 110 valence electrons. The Morgan fingerprint density at radius 3 is 2.75 bits per heavy atom. The second kappa shape index (κ2) is 6.61. The van der Waals surface area contributed by atoms with Crippen molar-refractivity contribution < 1.29 is 9.53 Å². The Balaban J connectivity index is 2.02. The zero-order chi connectivity index (χ0) is 14.5. The van der Waals surface area contributed by atoms with Crippen LogP contribution < -0.4 is 15.8 Å². The summed E-state index contributed by atoms with van der Waals surface area (Å²) in [6.07, 6.45) is 2.17. The summed E-state index contributed by atoms with van der Waals surface area (Å²) in [5, 5.41) is 2.92. The number of nitrogens with two attached hydrogens (primary N) is 1. The number of rotatable bonds is 3. The number of nitrogens with one attached hydrogen (secondary N) is 1. The zero-order valence-electron chi connectivity index (χ0n) is 12.1. The molecule has 0 radical (unpaired) electrons. The van der Waals surface area contributed by atoms with Gasteiger partial charge in [0.1, 0.15) is 5.75 Å². The van der Waals surface area contributed by atoms with Crippen LogP contribution in [-0.4, -0.2) is 37.2 Å². The molecule has 1 saturated heterocycles. The van der Waals surface area contributed by atoms with E-state index in [1.165, 1.54) is 0 Å². The Morgan fingerprint density at radius 2 is 2.15 bits per heavy atom. The largest absolute Gasteiger partial charge is 0.497 e. The summed E-state index contributed by atoms with van der Waals surface area (Å²) in [6.45, 7) is 3.44. The number of methoxy groups -OCH3 is 1. The lowest BCUT2D eigenvalue weighted by molar-refractivity contribution is 0.133. The lowest BCUT2D eigenvalue weighted by Gasteiger charge is -2.39. The van der Waals surface area contributed by atoms with Gasteiger partial charge in [-0.3, -0.25) is 0 Å². The number of anilines is 1. The molecule has 1 heterocycles. The first kappa shape index (κ1) is 14.7. The van der Waals surface area contributed by atoms with Crippen LogP contribution in [0.1, 0.15) is 19.8 Å². The molecule has 5 heteroatoms. The van der Waals surface area contributed by atoms with Gasteiger partial charge in [-0.2, -0.15) is 0 Å². The molecule has 1 aliphatic rings. The summed E-state index contributed by atoms with van der Waals surface area (Å²) in [7, 11) is 1.62. The minimum atomic E-state index is -0.0721. The van der Waals surface area contributed by atoms with Crippen molar-refractivity contribution in [2.24, 2.45) is 11.7 Å². The van der Waals surface area contributed by atoms with Gasteiger partial charge < -0.3 is 20.7 Å². The predicted molar refractivity (Wildman–Crippen MR) is 80.0 cm³/mol. The minimum Gasteiger partial charge on any atom is -0.497 e. The first-order chi connectivity index (χ1) is 9.65. The summed E-state index contributed by atoms with van der Waals surface area (Å²) in [5.74, 6) is 1.23. The third-order valence-electron chi connectivity index (χ3n) is 3.96.